The van der Waals surface area contributed by atoms with Gasteiger partial charge >= 0.3 is 5.97 Å². The van der Waals surface area contributed by atoms with Crippen LogP contribution in [-0.4, -0.2) is 47.0 Å². The van der Waals surface area contributed by atoms with Crippen molar-refractivity contribution in [2.24, 2.45) is 13.0 Å². The molecule has 3 N–H and O–H groups in total. The number of rotatable bonds is 9. The van der Waals surface area contributed by atoms with E-state index in [0.717, 1.165) is 18.4 Å². The first-order valence-corrected chi connectivity index (χ1v) is 11.3. The Hall–Kier alpha value is -3.66. The molecule has 0 aliphatic heterocycles. The Morgan fingerprint density at radius 3 is 2.82 bits per heavy atom. The maximum Gasteiger partial charge on any atom is 0.335 e. The fourth-order valence-electron chi connectivity index (χ4n) is 3.88. The highest BCUT2D eigenvalue weighted by atomic mass is 35.5. The number of halogens is 1. The summed E-state index contributed by atoms with van der Waals surface area (Å²) in [6.07, 6.45) is 3.32. The average molecular weight is 484 g/mol. The maximum absolute atomic E-state index is 11.4. The van der Waals surface area contributed by atoms with Gasteiger partial charge in [-0.05, 0) is 49.9 Å². The van der Waals surface area contributed by atoms with Crippen LogP contribution in [0.1, 0.15) is 35.8 Å². The predicted octanol–water partition coefficient (Wildman–Crippen LogP) is 3.96. The molecule has 0 radical (unpaired) electrons. The van der Waals surface area contributed by atoms with Crippen molar-refractivity contribution in [3.05, 3.63) is 46.9 Å². The molecule has 0 bridgehead atoms. The number of nitrogens with zero attached hydrogens (tertiary/aromatic N) is 6. The number of carboxylic acid groups (broad SMARTS) is 1. The van der Waals surface area contributed by atoms with Crippen LogP contribution in [0, 0.1) is 12.8 Å². The van der Waals surface area contributed by atoms with Crippen molar-refractivity contribution in [1.29, 1.82) is 0 Å². The first-order chi connectivity index (χ1) is 16.2. The third-order valence-electron chi connectivity index (χ3n) is 5.52. The Bertz CT molecular complexity index is 1350. The fraction of sp³-hybridized carbons (Fsp3) is 0.348. The third kappa shape index (κ3) is 4.96. The fourth-order valence-corrected chi connectivity index (χ4v) is 4.03. The zero-order valence-corrected chi connectivity index (χ0v) is 20.0. The summed E-state index contributed by atoms with van der Waals surface area (Å²) >= 11 is 6.04. The van der Waals surface area contributed by atoms with Crippen LogP contribution in [-0.2, 0) is 13.6 Å². The van der Waals surface area contributed by atoms with Gasteiger partial charge in [0.1, 0.15) is 10.7 Å². The molecule has 178 valence electrons. The molecule has 4 aromatic rings. The summed E-state index contributed by atoms with van der Waals surface area (Å²) in [6, 6.07) is 6.57. The van der Waals surface area contributed by atoms with Crippen LogP contribution in [0.3, 0.4) is 0 Å². The second kappa shape index (κ2) is 9.68. The Labute approximate surface area is 201 Å². The van der Waals surface area contributed by atoms with Crippen molar-refractivity contribution in [3.63, 3.8) is 0 Å². The Morgan fingerprint density at radius 2 is 2.06 bits per heavy atom. The van der Waals surface area contributed by atoms with E-state index in [1.165, 1.54) is 12.1 Å². The number of anilines is 1. The van der Waals surface area contributed by atoms with E-state index in [0.29, 0.717) is 58.6 Å². The van der Waals surface area contributed by atoms with Gasteiger partial charge in [-0.3, -0.25) is 9.55 Å². The molecule has 0 aromatic carbocycles. The third-order valence-corrected chi connectivity index (χ3v) is 5.73. The SMILES string of the molecule is Cc1cc(C(=O)O)cc(-c2cnn(C)c2OCCCC(C)Cn2c(N)nc3ccc(Cl)nc32)n1. The number of pyridine rings is 2. The molecule has 0 fully saturated rings. The van der Waals surface area contributed by atoms with Crippen molar-refractivity contribution in [2.45, 2.75) is 33.2 Å². The quantitative estimate of drug-likeness (QED) is 0.270. The van der Waals surface area contributed by atoms with Gasteiger partial charge in [0.25, 0.3) is 0 Å². The summed E-state index contributed by atoms with van der Waals surface area (Å²) in [5.74, 6) is 0.257. The number of hydrogen-bond donors (Lipinski definition) is 2. The molecule has 0 saturated carbocycles. The summed E-state index contributed by atoms with van der Waals surface area (Å²) in [7, 11) is 1.78. The molecule has 4 heterocycles. The van der Waals surface area contributed by atoms with Gasteiger partial charge in [0.2, 0.25) is 11.8 Å². The predicted molar refractivity (Wildman–Crippen MR) is 129 cm³/mol. The minimum Gasteiger partial charge on any atom is -0.478 e. The first kappa shape index (κ1) is 23.5. The highest BCUT2D eigenvalue weighted by Gasteiger charge is 2.17. The summed E-state index contributed by atoms with van der Waals surface area (Å²) in [4.78, 5) is 24.6. The van der Waals surface area contributed by atoms with Gasteiger partial charge in [-0.25, -0.2) is 19.4 Å². The maximum atomic E-state index is 11.4. The van der Waals surface area contributed by atoms with Gasteiger partial charge in [0, 0.05) is 19.3 Å². The molecule has 1 atom stereocenters. The number of nitrogens with two attached hydrogens (primary N) is 1. The van der Waals surface area contributed by atoms with Crippen molar-refractivity contribution < 1.29 is 14.6 Å². The van der Waals surface area contributed by atoms with Gasteiger partial charge < -0.3 is 15.6 Å². The van der Waals surface area contributed by atoms with Gasteiger partial charge in [0.05, 0.1) is 29.6 Å². The molecular formula is C23H26ClN7O3. The van der Waals surface area contributed by atoms with Crippen LogP contribution in [0.5, 0.6) is 5.88 Å². The van der Waals surface area contributed by atoms with Crippen molar-refractivity contribution >= 4 is 34.7 Å². The molecule has 4 rings (SSSR count). The second-order valence-corrected chi connectivity index (χ2v) is 8.72. The van der Waals surface area contributed by atoms with E-state index >= 15 is 0 Å². The van der Waals surface area contributed by atoms with E-state index < -0.39 is 5.97 Å². The smallest absolute Gasteiger partial charge is 0.335 e. The van der Waals surface area contributed by atoms with Gasteiger partial charge in [0.15, 0.2) is 5.65 Å². The Morgan fingerprint density at radius 1 is 1.26 bits per heavy atom. The molecule has 0 saturated heterocycles. The number of carboxylic acids is 1. The molecule has 11 heteroatoms. The number of aromatic carboxylic acids is 1. The number of hydrogen-bond acceptors (Lipinski definition) is 7. The zero-order valence-electron chi connectivity index (χ0n) is 19.2. The topological polar surface area (TPSA) is 134 Å². The lowest BCUT2D eigenvalue weighted by Gasteiger charge is -2.14. The second-order valence-electron chi connectivity index (χ2n) is 8.33. The molecule has 0 amide bonds. The van der Waals surface area contributed by atoms with E-state index in [1.54, 1.807) is 30.9 Å². The number of ether oxygens (including phenoxy) is 1. The van der Waals surface area contributed by atoms with Gasteiger partial charge in [-0.1, -0.05) is 18.5 Å². The van der Waals surface area contributed by atoms with Gasteiger partial charge in [-0.15, -0.1) is 0 Å². The standard InChI is InChI=1S/C23H26ClN7O3/c1-13(12-31-20-17(28-23(31)25)6-7-19(24)29-20)5-4-8-34-21-16(11-26-30(21)3)18-10-15(22(32)33)9-14(2)27-18/h6-7,9-11,13H,4-5,8,12H2,1-3H3,(H2,25,28)(H,32,33). The van der Waals surface area contributed by atoms with E-state index in [-0.39, 0.29) is 5.56 Å². The van der Waals surface area contributed by atoms with Crippen LogP contribution in [0.25, 0.3) is 22.4 Å². The van der Waals surface area contributed by atoms with Gasteiger partial charge in [-0.2, -0.15) is 5.10 Å². The largest absolute Gasteiger partial charge is 0.478 e. The Balaban J connectivity index is 1.39. The van der Waals surface area contributed by atoms with Crippen molar-refractivity contribution in [3.8, 4) is 17.1 Å². The van der Waals surface area contributed by atoms with E-state index in [4.69, 9.17) is 22.1 Å². The number of imidazole rings is 1. The van der Waals surface area contributed by atoms with Crippen LogP contribution >= 0.6 is 11.6 Å². The minimum atomic E-state index is -1.00. The van der Waals surface area contributed by atoms with Crippen LogP contribution in [0.4, 0.5) is 5.95 Å². The van der Waals surface area contributed by atoms with Crippen molar-refractivity contribution in [1.82, 2.24) is 29.3 Å². The van der Waals surface area contributed by atoms with E-state index in [9.17, 15) is 9.90 Å². The van der Waals surface area contributed by atoms with Crippen LogP contribution in [0.2, 0.25) is 5.15 Å². The molecule has 10 nitrogen and oxygen atoms in total. The first-order valence-electron chi connectivity index (χ1n) is 10.9. The monoisotopic (exact) mass is 483 g/mol. The lowest BCUT2D eigenvalue weighted by molar-refractivity contribution is 0.0696. The number of aryl methyl sites for hydroxylation is 2. The summed E-state index contributed by atoms with van der Waals surface area (Å²) in [5.41, 5.74) is 9.45. The lowest BCUT2D eigenvalue weighted by Crippen LogP contribution is -2.12. The molecule has 4 aromatic heterocycles. The van der Waals surface area contributed by atoms with Crippen molar-refractivity contribution in [2.75, 3.05) is 12.3 Å². The molecule has 34 heavy (non-hydrogen) atoms. The molecule has 0 aliphatic rings. The number of fused-ring (bicyclic) bond motifs is 1. The lowest BCUT2D eigenvalue weighted by atomic mass is 10.1. The number of nitrogen functional groups attached to an aromatic ring is 1. The van der Waals surface area contributed by atoms with E-state index in [1.807, 2.05) is 10.6 Å². The molecule has 0 spiro atoms. The molecule has 1 unspecified atom stereocenters. The van der Waals surface area contributed by atoms with Crippen LogP contribution in [0.15, 0.2) is 30.5 Å². The molecular weight excluding hydrogens is 458 g/mol. The number of aromatic nitrogens is 6. The summed E-state index contributed by atoms with van der Waals surface area (Å²) in [6.45, 7) is 5.03. The molecule has 0 aliphatic carbocycles. The highest BCUT2D eigenvalue weighted by molar-refractivity contribution is 6.29. The zero-order chi connectivity index (χ0) is 24.4. The Kier molecular flexibility index (Phi) is 6.69. The summed E-state index contributed by atoms with van der Waals surface area (Å²) < 4.78 is 9.54. The summed E-state index contributed by atoms with van der Waals surface area (Å²) in [5, 5.41) is 14.0. The average Bonchev–Trinajstić information content (AvgIpc) is 3.30. The highest BCUT2D eigenvalue weighted by Crippen LogP contribution is 2.29. The number of carbonyl (C=O) groups is 1. The van der Waals surface area contributed by atoms with Crippen LogP contribution < -0.4 is 10.5 Å². The van der Waals surface area contributed by atoms with E-state index in [2.05, 4.69) is 27.0 Å². The minimum absolute atomic E-state index is 0.174. The normalized spacial score (nSPS) is 12.2.